The summed E-state index contributed by atoms with van der Waals surface area (Å²) in [6.07, 6.45) is 5.71. The molecule has 0 rings (SSSR count). The average molecular weight is 115 g/mol. The van der Waals surface area contributed by atoms with Gasteiger partial charge >= 0.3 is 0 Å². The summed E-state index contributed by atoms with van der Waals surface area (Å²) in [5.74, 6) is 0. The van der Waals surface area contributed by atoms with E-state index in [0.717, 1.165) is 6.42 Å². The predicted octanol–water partition coefficient (Wildman–Crippen LogP) is 2.89. The van der Waals surface area contributed by atoms with Crippen molar-refractivity contribution in [1.29, 1.82) is 0 Å². The standard InChI is InChI=1S/C6H11S/c1-2-3-4-5-6-7/h5-6H,2-4H2,1H3/b6-5+. The van der Waals surface area contributed by atoms with E-state index < -0.39 is 0 Å². The molecule has 0 fully saturated rings. The lowest BCUT2D eigenvalue weighted by molar-refractivity contribution is 0.815. The zero-order valence-corrected chi connectivity index (χ0v) is 5.50. The third-order valence-corrected chi connectivity index (χ3v) is 1.01. The molecule has 0 bridgehead atoms. The van der Waals surface area contributed by atoms with Crippen molar-refractivity contribution in [2.75, 3.05) is 0 Å². The summed E-state index contributed by atoms with van der Waals surface area (Å²) in [6.45, 7) is 2.18. The largest absolute Gasteiger partial charge is 0.0891 e. The molecular formula is C6H11S. The van der Waals surface area contributed by atoms with Gasteiger partial charge in [0, 0.05) is 0 Å². The summed E-state index contributed by atoms with van der Waals surface area (Å²) in [7, 11) is 0. The highest BCUT2D eigenvalue weighted by molar-refractivity contribution is 7.83. The van der Waals surface area contributed by atoms with Gasteiger partial charge in [-0.25, -0.2) is 0 Å². The molecule has 0 heterocycles. The number of allylic oxidation sites excluding steroid dienone is 1. The topological polar surface area (TPSA) is 0 Å². The Morgan fingerprint density at radius 1 is 1.57 bits per heavy atom. The monoisotopic (exact) mass is 115 g/mol. The fourth-order valence-corrected chi connectivity index (χ4v) is 0.526. The number of rotatable bonds is 3. The van der Waals surface area contributed by atoms with Gasteiger partial charge in [0.25, 0.3) is 0 Å². The minimum Gasteiger partial charge on any atom is -0.0891 e. The van der Waals surface area contributed by atoms with Crippen molar-refractivity contribution in [3.05, 3.63) is 11.5 Å². The van der Waals surface area contributed by atoms with Gasteiger partial charge in [-0.2, -0.15) is 0 Å². The molecule has 0 aliphatic carbocycles. The zero-order valence-electron chi connectivity index (χ0n) is 4.68. The van der Waals surface area contributed by atoms with Crippen molar-refractivity contribution in [3.8, 4) is 0 Å². The Bertz CT molecular complexity index is 48.1. The Morgan fingerprint density at radius 3 is 2.71 bits per heavy atom. The molecule has 0 saturated heterocycles. The Balaban J connectivity index is 2.69. The summed E-state index contributed by atoms with van der Waals surface area (Å²) in [6, 6.07) is 0. The van der Waals surface area contributed by atoms with Crippen LogP contribution in [0.25, 0.3) is 0 Å². The molecule has 0 N–H and O–H groups in total. The molecule has 0 spiro atoms. The fourth-order valence-electron chi connectivity index (χ4n) is 0.390. The van der Waals surface area contributed by atoms with Crippen molar-refractivity contribution in [1.82, 2.24) is 0 Å². The van der Waals surface area contributed by atoms with Crippen LogP contribution in [0, 0.1) is 0 Å². The second-order valence-electron chi connectivity index (χ2n) is 1.51. The van der Waals surface area contributed by atoms with E-state index >= 15 is 0 Å². The molecule has 0 atom stereocenters. The highest BCUT2D eigenvalue weighted by Crippen LogP contribution is 1.94. The van der Waals surface area contributed by atoms with Crippen LogP contribution in [0.15, 0.2) is 11.5 Å². The summed E-state index contributed by atoms with van der Waals surface area (Å²) in [4.78, 5) is 0. The minimum absolute atomic E-state index is 1.15. The normalized spacial score (nSPS) is 10.4. The van der Waals surface area contributed by atoms with Crippen LogP contribution in [0.5, 0.6) is 0 Å². The van der Waals surface area contributed by atoms with Crippen molar-refractivity contribution in [2.24, 2.45) is 0 Å². The molecule has 0 aliphatic rings. The van der Waals surface area contributed by atoms with E-state index in [4.69, 9.17) is 0 Å². The van der Waals surface area contributed by atoms with Crippen LogP contribution in [-0.4, -0.2) is 0 Å². The van der Waals surface area contributed by atoms with E-state index in [1.807, 2.05) is 6.08 Å². The van der Waals surface area contributed by atoms with E-state index in [1.54, 1.807) is 5.41 Å². The van der Waals surface area contributed by atoms with Gasteiger partial charge in [-0.05, 0) is 11.8 Å². The first kappa shape index (κ1) is 6.96. The van der Waals surface area contributed by atoms with Crippen LogP contribution in [-0.2, 0) is 0 Å². The van der Waals surface area contributed by atoms with Gasteiger partial charge in [0.15, 0.2) is 0 Å². The highest BCUT2D eigenvalue weighted by atomic mass is 32.1. The lowest BCUT2D eigenvalue weighted by Crippen LogP contribution is -1.63. The van der Waals surface area contributed by atoms with E-state index in [9.17, 15) is 0 Å². The van der Waals surface area contributed by atoms with Gasteiger partial charge in [0.1, 0.15) is 0 Å². The number of unbranched alkanes of at least 4 members (excludes halogenated alkanes) is 2. The SMILES string of the molecule is CCCC/C=C/[S]. The molecule has 0 unspecified atom stereocenters. The molecule has 0 aromatic carbocycles. The zero-order chi connectivity index (χ0) is 5.54. The first-order valence-corrected chi connectivity index (χ1v) is 3.16. The van der Waals surface area contributed by atoms with E-state index in [0.29, 0.717) is 0 Å². The minimum atomic E-state index is 1.15. The maximum Gasteiger partial charge on any atom is -0.00265 e. The first-order chi connectivity index (χ1) is 3.41. The maximum atomic E-state index is 4.58. The van der Waals surface area contributed by atoms with Crippen molar-refractivity contribution in [3.63, 3.8) is 0 Å². The average Bonchev–Trinajstić information content (AvgIpc) is 1.69. The van der Waals surface area contributed by atoms with Gasteiger partial charge in [0.05, 0.1) is 0 Å². The van der Waals surface area contributed by atoms with Crippen molar-refractivity contribution in [2.45, 2.75) is 26.2 Å². The Labute approximate surface area is 51.0 Å². The van der Waals surface area contributed by atoms with Gasteiger partial charge in [-0.15, -0.1) is 0 Å². The summed E-state index contributed by atoms with van der Waals surface area (Å²) >= 11 is 4.58. The summed E-state index contributed by atoms with van der Waals surface area (Å²) in [5.41, 5.74) is 0. The Hall–Kier alpha value is -0.0400. The quantitative estimate of drug-likeness (QED) is 0.496. The van der Waals surface area contributed by atoms with Crippen LogP contribution >= 0.6 is 12.6 Å². The molecule has 0 aromatic rings. The predicted molar refractivity (Wildman–Crippen MR) is 36.3 cm³/mol. The van der Waals surface area contributed by atoms with Crippen LogP contribution in [0.2, 0.25) is 0 Å². The first-order valence-electron chi connectivity index (χ1n) is 2.68. The highest BCUT2D eigenvalue weighted by Gasteiger charge is 1.73. The molecular weight excluding hydrogens is 104 g/mol. The molecule has 0 aromatic heterocycles. The van der Waals surface area contributed by atoms with Crippen molar-refractivity contribution < 1.29 is 0 Å². The molecule has 1 heteroatoms. The fraction of sp³-hybridized carbons (Fsp3) is 0.667. The van der Waals surface area contributed by atoms with Crippen LogP contribution < -0.4 is 0 Å². The summed E-state index contributed by atoms with van der Waals surface area (Å²) < 4.78 is 0. The third kappa shape index (κ3) is 5.96. The molecule has 41 valence electrons. The van der Waals surface area contributed by atoms with Crippen molar-refractivity contribution >= 4 is 12.6 Å². The van der Waals surface area contributed by atoms with E-state index in [2.05, 4.69) is 19.6 Å². The van der Waals surface area contributed by atoms with Crippen LogP contribution in [0.3, 0.4) is 0 Å². The maximum absolute atomic E-state index is 4.58. The van der Waals surface area contributed by atoms with Gasteiger partial charge < -0.3 is 0 Å². The molecule has 0 saturated carbocycles. The summed E-state index contributed by atoms with van der Waals surface area (Å²) in [5, 5.41) is 1.69. The van der Waals surface area contributed by atoms with Crippen LogP contribution in [0.1, 0.15) is 26.2 Å². The van der Waals surface area contributed by atoms with E-state index in [1.165, 1.54) is 12.8 Å². The molecule has 0 aliphatic heterocycles. The molecule has 7 heavy (non-hydrogen) atoms. The lowest BCUT2D eigenvalue weighted by Gasteiger charge is -1.83. The second-order valence-corrected chi connectivity index (χ2v) is 1.79. The molecule has 0 nitrogen and oxygen atoms in total. The molecule has 0 amide bonds. The van der Waals surface area contributed by atoms with Gasteiger partial charge in [-0.3, -0.25) is 0 Å². The smallest absolute Gasteiger partial charge is 0.00265 e. The Kier molecular flexibility index (Phi) is 5.93. The van der Waals surface area contributed by atoms with E-state index in [-0.39, 0.29) is 0 Å². The Morgan fingerprint density at radius 2 is 2.29 bits per heavy atom. The van der Waals surface area contributed by atoms with Gasteiger partial charge in [-0.1, -0.05) is 38.5 Å². The lowest BCUT2D eigenvalue weighted by atomic mass is 10.2. The van der Waals surface area contributed by atoms with Gasteiger partial charge in [0.2, 0.25) is 0 Å². The number of hydrogen-bond acceptors (Lipinski definition) is 0. The third-order valence-electron chi connectivity index (χ3n) is 0.821. The van der Waals surface area contributed by atoms with Crippen LogP contribution in [0.4, 0.5) is 0 Å². The number of hydrogen-bond donors (Lipinski definition) is 0. The second kappa shape index (κ2) is 5.96. The molecule has 1 radical (unpaired) electrons.